The van der Waals surface area contributed by atoms with Crippen LogP contribution in [-0.4, -0.2) is 41.5 Å². The number of rotatable bonds is 3. The summed E-state index contributed by atoms with van der Waals surface area (Å²) in [6.45, 7) is 0.0799. The quantitative estimate of drug-likeness (QED) is 0.405. The fourth-order valence-electron chi connectivity index (χ4n) is 1.13. The molecule has 2 heterocycles. The molecule has 2 saturated heterocycles. The largest absolute Gasteiger partial charge is 0.480 e. The minimum Gasteiger partial charge on any atom is -0.480 e. The highest BCUT2D eigenvalue weighted by atomic mass is 16.4. The summed E-state index contributed by atoms with van der Waals surface area (Å²) in [6.07, 6.45) is 0.344. The molecule has 0 aliphatic carbocycles. The number of carbonyl (C=O) groups is 1. The third-order valence-electron chi connectivity index (χ3n) is 1.95. The Morgan fingerprint density at radius 3 is 2.60 bits per heavy atom. The predicted molar refractivity (Wildman–Crippen MR) is 33.1 cm³/mol. The molecule has 10 heavy (non-hydrogen) atoms. The molecule has 5 nitrogen and oxygen atoms in total. The summed E-state index contributed by atoms with van der Waals surface area (Å²) < 4.78 is 0. The maximum atomic E-state index is 10.2. The Hall–Kier alpha value is -0.650. The van der Waals surface area contributed by atoms with Crippen LogP contribution in [0.2, 0.25) is 0 Å². The smallest absolute Gasteiger partial charge is 0.317 e. The molecule has 0 aromatic rings. The summed E-state index contributed by atoms with van der Waals surface area (Å²) in [7, 11) is 1.78. The van der Waals surface area contributed by atoms with E-state index in [2.05, 4.69) is 10.6 Å². The average Bonchev–Trinajstić information content (AvgIpc) is 2.41. The lowest BCUT2D eigenvalue weighted by atomic mass is 10.5. The topological polar surface area (TPSA) is 84.4 Å². The van der Waals surface area contributed by atoms with Crippen LogP contribution < -0.4 is 10.6 Å². The average molecular weight is 143 g/mol. The summed E-state index contributed by atoms with van der Waals surface area (Å²) in [5.74, 6) is -0.934. The van der Waals surface area contributed by atoms with E-state index in [0.29, 0.717) is 6.17 Å². The molecule has 0 amide bonds. The second-order valence-electron chi connectivity index (χ2n) is 2.74. The maximum absolute atomic E-state index is 10.2. The second kappa shape index (κ2) is 1.50. The van der Waals surface area contributed by atoms with Crippen LogP contribution in [0.4, 0.5) is 0 Å². The van der Waals surface area contributed by atoms with Crippen LogP contribution in [0.3, 0.4) is 0 Å². The normalized spacial score (nSPS) is 41.2. The molecule has 0 radical (unpaired) electrons. The van der Waals surface area contributed by atoms with Crippen LogP contribution in [0.5, 0.6) is 0 Å². The number of carboxylic acids is 1. The van der Waals surface area contributed by atoms with Crippen molar-refractivity contribution < 1.29 is 9.90 Å². The van der Waals surface area contributed by atoms with E-state index in [1.165, 1.54) is 0 Å². The number of hydrogen-bond acceptors (Lipinski definition) is 4. The van der Waals surface area contributed by atoms with Crippen LogP contribution in [0.25, 0.3) is 0 Å². The number of nitrogens with zero attached hydrogens (tertiary/aromatic N) is 1. The van der Waals surface area contributed by atoms with Gasteiger partial charge in [0.05, 0.1) is 6.54 Å². The van der Waals surface area contributed by atoms with Crippen LogP contribution >= 0.6 is 0 Å². The fourth-order valence-corrected chi connectivity index (χ4v) is 1.13. The van der Waals surface area contributed by atoms with Crippen molar-refractivity contribution in [2.45, 2.75) is 12.0 Å². The van der Waals surface area contributed by atoms with E-state index in [-0.39, 0.29) is 12.3 Å². The van der Waals surface area contributed by atoms with E-state index in [4.69, 9.17) is 5.11 Å². The van der Waals surface area contributed by atoms with Gasteiger partial charge in [0.2, 0.25) is 0 Å². The zero-order chi connectivity index (χ0) is 7.35. The third kappa shape index (κ3) is 0.650. The molecule has 0 bridgehead atoms. The Morgan fingerprint density at radius 1 is 1.80 bits per heavy atom. The number of carboxylic acid groups (broad SMARTS) is 1. The van der Waals surface area contributed by atoms with E-state index in [0.717, 1.165) is 0 Å². The number of nitrogens with one attached hydrogen (secondary N) is 2. The first-order valence-corrected chi connectivity index (χ1v) is 3.13. The van der Waals surface area contributed by atoms with Crippen LogP contribution in [0.1, 0.15) is 0 Å². The van der Waals surface area contributed by atoms with Gasteiger partial charge in [0.25, 0.3) is 0 Å². The van der Waals surface area contributed by atoms with Gasteiger partial charge < -0.3 is 5.11 Å². The molecule has 2 aliphatic heterocycles. The molecule has 0 unspecified atom stereocenters. The summed E-state index contributed by atoms with van der Waals surface area (Å²) in [5, 5.41) is 14.5. The Labute approximate surface area is 58.0 Å². The van der Waals surface area contributed by atoms with Gasteiger partial charge in [-0.2, -0.15) is 0 Å². The molecule has 56 valence electrons. The van der Waals surface area contributed by atoms with Gasteiger partial charge in [-0.15, -0.1) is 0 Å². The molecular weight excluding hydrogens is 134 g/mol. The standard InChI is InChI=1S/C5H9N3O2/c1-8(2-3(9)10)5-4(6-5)7-5/h4,6-7H,2H2,1H3,(H,9,10). The van der Waals surface area contributed by atoms with Crippen molar-refractivity contribution in [3.63, 3.8) is 0 Å². The molecule has 3 N–H and O–H groups in total. The SMILES string of the molecule is CN(CC(=O)O)C12NC1N2. The van der Waals surface area contributed by atoms with Crippen LogP contribution in [0.15, 0.2) is 0 Å². The Morgan fingerprint density at radius 2 is 2.30 bits per heavy atom. The maximum Gasteiger partial charge on any atom is 0.317 e. The molecule has 0 aromatic carbocycles. The lowest BCUT2D eigenvalue weighted by Gasteiger charge is -2.15. The van der Waals surface area contributed by atoms with Crippen molar-refractivity contribution in [1.82, 2.24) is 15.5 Å². The van der Waals surface area contributed by atoms with E-state index in [9.17, 15) is 4.79 Å². The first-order valence-electron chi connectivity index (χ1n) is 3.13. The summed E-state index contributed by atoms with van der Waals surface area (Å²) in [6, 6.07) is 0. The molecule has 2 aliphatic rings. The number of fused-ring (bicyclic) bond motifs is 1. The Balaban J connectivity index is 1.88. The first kappa shape index (κ1) is 6.09. The van der Waals surface area contributed by atoms with Gasteiger partial charge in [0.1, 0.15) is 6.17 Å². The van der Waals surface area contributed by atoms with Gasteiger partial charge >= 0.3 is 5.97 Å². The van der Waals surface area contributed by atoms with Crippen molar-refractivity contribution in [2.24, 2.45) is 0 Å². The highest BCUT2D eigenvalue weighted by Gasteiger charge is 2.73. The lowest BCUT2D eigenvalue weighted by Crippen LogP contribution is -2.42. The molecule has 0 aromatic heterocycles. The third-order valence-corrected chi connectivity index (χ3v) is 1.95. The van der Waals surface area contributed by atoms with Crippen molar-refractivity contribution in [2.75, 3.05) is 13.6 Å². The molecule has 0 atom stereocenters. The minimum atomic E-state index is -0.793. The minimum absolute atomic E-state index is 0.0799. The highest BCUT2D eigenvalue weighted by Crippen LogP contribution is 2.39. The molecule has 2 rings (SSSR count). The van der Waals surface area contributed by atoms with Gasteiger partial charge in [-0.05, 0) is 7.05 Å². The van der Waals surface area contributed by atoms with Gasteiger partial charge in [-0.3, -0.25) is 20.3 Å². The lowest BCUT2D eigenvalue weighted by molar-refractivity contribution is -0.138. The second-order valence-corrected chi connectivity index (χ2v) is 2.74. The van der Waals surface area contributed by atoms with E-state index >= 15 is 0 Å². The van der Waals surface area contributed by atoms with E-state index < -0.39 is 5.97 Å². The highest BCUT2D eigenvalue weighted by molar-refractivity contribution is 5.69. The van der Waals surface area contributed by atoms with E-state index in [1.54, 1.807) is 11.9 Å². The van der Waals surface area contributed by atoms with Crippen molar-refractivity contribution >= 4 is 5.97 Å². The van der Waals surface area contributed by atoms with Crippen LogP contribution in [-0.2, 0) is 4.79 Å². The Kier molecular flexibility index (Phi) is 0.912. The van der Waals surface area contributed by atoms with Crippen LogP contribution in [0, 0.1) is 0 Å². The van der Waals surface area contributed by atoms with E-state index in [1.807, 2.05) is 0 Å². The predicted octanol–water partition coefficient (Wildman–Crippen LogP) is -1.81. The molecule has 0 saturated carbocycles. The van der Waals surface area contributed by atoms with Crippen molar-refractivity contribution in [1.29, 1.82) is 0 Å². The zero-order valence-corrected chi connectivity index (χ0v) is 5.59. The van der Waals surface area contributed by atoms with Gasteiger partial charge in [-0.1, -0.05) is 0 Å². The summed E-state index contributed by atoms with van der Waals surface area (Å²) >= 11 is 0. The van der Waals surface area contributed by atoms with Gasteiger partial charge in [0.15, 0.2) is 5.79 Å². The Bertz CT molecular complexity index is 187. The fraction of sp³-hybridized carbons (Fsp3) is 0.800. The summed E-state index contributed by atoms with van der Waals surface area (Å²) in [5.41, 5.74) is 0. The number of hydrogen-bond donors (Lipinski definition) is 3. The van der Waals surface area contributed by atoms with Crippen molar-refractivity contribution in [3.05, 3.63) is 0 Å². The molecule has 0 spiro atoms. The van der Waals surface area contributed by atoms with Gasteiger partial charge in [0, 0.05) is 0 Å². The number of likely N-dealkylation sites (N-methyl/N-ethyl adjacent to an activating group) is 1. The molecular formula is C5H9N3O2. The molecule has 2 fully saturated rings. The first-order chi connectivity index (χ1) is 4.65. The monoisotopic (exact) mass is 143 g/mol. The number of aliphatic carboxylic acids is 1. The zero-order valence-electron chi connectivity index (χ0n) is 5.59. The molecule has 5 heteroatoms. The van der Waals surface area contributed by atoms with Crippen molar-refractivity contribution in [3.8, 4) is 0 Å². The summed E-state index contributed by atoms with van der Waals surface area (Å²) in [4.78, 5) is 12.0. The van der Waals surface area contributed by atoms with Gasteiger partial charge in [-0.25, -0.2) is 0 Å².